The van der Waals surface area contributed by atoms with Crippen molar-refractivity contribution >= 4 is 5.69 Å². The van der Waals surface area contributed by atoms with Crippen LogP contribution in [0.5, 0.6) is 0 Å². The fourth-order valence-electron chi connectivity index (χ4n) is 3.30. The highest BCUT2D eigenvalue weighted by molar-refractivity contribution is 5.45. The molecule has 2 fully saturated rings. The van der Waals surface area contributed by atoms with Crippen molar-refractivity contribution < 1.29 is 9.47 Å². The van der Waals surface area contributed by atoms with Gasteiger partial charge >= 0.3 is 0 Å². The van der Waals surface area contributed by atoms with E-state index in [1.165, 1.54) is 12.1 Å². The molecule has 0 radical (unpaired) electrons. The number of ether oxygens (including phenoxy) is 2. The Morgan fingerprint density at radius 3 is 3.32 bits per heavy atom. The number of nitrogens with zero attached hydrogens (tertiary/aromatic N) is 2. The first-order chi connectivity index (χ1) is 9.31. The molecule has 3 rings (SSSR count). The lowest BCUT2D eigenvalue weighted by atomic mass is 9.92. The minimum atomic E-state index is 0.0776. The number of anilines is 1. The van der Waals surface area contributed by atoms with Crippen molar-refractivity contribution in [1.29, 1.82) is 0 Å². The molecule has 0 unspecified atom stereocenters. The number of rotatable bonds is 4. The molecule has 0 N–H and O–H groups in total. The SMILES string of the molecule is COCC[C@H]1CO[C@]2(CCN(c3cccnc3)C2)C1. The first-order valence-corrected chi connectivity index (χ1v) is 7.09. The van der Waals surface area contributed by atoms with Crippen LogP contribution < -0.4 is 4.90 Å². The van der Waals surface area contributed by atoms with Gasteiger partial charge in [-0.15, -0.1) is 0 Å². The largest absolute Gasteiger partial charge is 0.385 e. The Bertz CT molecular complexity index is 412. The van der Waals surface area contributed by atoms with E-state index < -0.39 is 0 Å². The molecule has 0 amide bonds. The molecule has 2 saturated heterocycles. The van der Waals surface area contributed by atoms with E-state index in [1.807, 2.05) is 18.5 Å². The molecule has 0 aliphatic carbocycles. The van der Waals surface area contributed by atoms with Gasteiger partial charge in [-0.2, -0.15) is 0 Å². The van der Waals surface area contributed by atoms with E-state index in [0.717, 1.165) is 39.1 Å². The molecule has 1 aromatic rings. The van der Waals surface area contributed by atoms with E-state index in [2.05, 4.69) is 16.0 Å². The maximum absolute atomic E-state index is 6.15. The van der Waals surface area contributed by atoms with E-state index in [0.29, 0.717) is 5.92 Å². The molecule has 104 valence electrons. The summed E-state index contributed by atoms with van der Waals surface area (Å²) < 4.78 is 11.3. The zero-order valence-corrected chi connectivity index (χ0v) is 11.5. The van der Waals surface area contributed by atoms with Gasteiger partial charge in [0.05, 0.1) is 24.1 Å². The van der Waals surface area contributed by atoms with Crippen molar-refractivity contribution in [3.8, 4) is 0 Å². The summed E-state index contributed by atoms with van der Waals surface area (Å²) >= 11 is 0. The number of aromatic nitrogens is 1. The highest BCUT2D eigenvalue weighted by atomic mass is 16.5. The summed E-state index contributed by atoms with van der Waals surface area (Å²) in [6, 6.07) is 4.13. The predicted molar refractivity (Wildman–Crippen MR) is 74.4 cm³/mol. The highest BCUT2D eigenvalue weighted by Gasteiger charge is 2.45. The fraction of sp³-hybridized carbons (Fsp3) is 0.667. The second-order valence-corrected chi connectivity index (χ2v) is 5.73. The summed E-state index contributed by atoms with van der Waals surface area (Å²) in [4.78, 5) is 6.60. The first kappa shape index (κ1) is 12.9. The molecule has 0 aromatic carbocycles. The van der Waals surface area contributed by atoms with Gasteiger partial charge in [0, 0.05) is 33.0 Å². The van der Waals surface area contributed by atoms with Crippen LogP contribution in [0.3, 0.4) is 0 Å². The highest BCUT2D eigenvalue weighted by Crippen LogP contribution is 2.40. The molecule has 4 nitrogen and oxygen atoms in total. The molecule has 2 aliphatic heterocycles. The van der Waals surface area contributed by atoms with E-state index in [1.54, 1.807) is 7.11 Å². The second kappa shape index (κ2) is 5.47. The lowest BCUT2D eigenvalue weighted by Crippen LogP contribution is -2.32. The van der Waals surface area contributed by atoms with Crippen molar-refractivity contribution in [2.24, 2.45) is 5.92 Å². The van der Waals surface area contributed by atoms with Crippen LogP contribution in [0.1, 0.15) is 19.3 Å². The molecule has 3 heterocycles. The number of hydrogen-bond donors (Lipinski definition) is 0. The van der Waals surface area contributed by atoms with Crippen molar-refractivity contribution in [2.75, 3.05) is 38.3 Å². The molecule has 1 aromatic heterocycles. The van der Waals surface area contributed by atoms with E-state index in [4.69, 9.17) is 9.47 Å². The van der Waals surface area contributed by atoms with E-state index >= 15 is 0 Å². The topological polar surface area (TPSA) is 34.6 Å². The number of pyridine rings is 1. The van der Waals surface area contributed by atoms with Crippen molar-refractivity contribution in [3.05, 3.63) is 24.5 Å². The standard InChI is InChI=1S/C15H22N2O2/c1-18-8-4-13-9-15(19-11-13)5-7-17(12-15)14-3-2-6-16-10-14/h2-3,6,10,13H,4-5,7-9,11-12H2,1H3/t13-,15-/m1/s1. The minimum absolute atomic E-state index is 0.0776. The van der Waals surface area contributed by atoms with Crippen molar-refractivity contribution in [3.63, 3.8) is 0 Å². The summed E-state index contributed by atoms with van der Waals surface area (Å²) in [5.41, 5.74) is 1.29. The maximum Gasteiger partial charge on any atom is 0.0876 e. The molecule has 0 bridgehead atoms. The molecule has 1 spiro atoms. The third-order valence-corrected chi connectivity index (χ3v) is 4.34. The van der Waals surface area contributed by atoms with E-state index in [-0.39, 0.29) is 5.60 Å². The first-order valence-electron chi connectivity index (χ1n) is 7.09. The summed E-state index contributed by atoms with van der Waals surface area (Å²) in [7, 11) is 1.77. The third-order valence-electron chi connectivity index (χ3n) is 4.34. The summed E-state index contributed by atoms with van der Waals surface area (Å²) in [5, 5.41) is 0. The molecular weight excluding hydrogens is 240 g/mol. The van der Waals surface area contributed by atoms with Gasteiger partial charge in [0.1, 0.15) is 0 Å². The van der Waals surface area contributed by atoms with Crippen molar-refractivity contribution in [1.82, 2.24) is 4.98 Å². The Labute approximate surface area is 114 Å². The van der Waals surface area contributed by atoms with Crippen LogP contribution in [0.25, 0.3) is 0 Å². The fourth-order valence-corrected chi connectivity index (χ4v) is 3.30. The zero-order chi connectivity index (χ0) is 13.1. The van der Waals surface area contributed by atoms with Gasteiger partial charge in [-0.3, -0.25) is 4.98 Å². The van der Waals surface area contributed by atoms with Crippen LogP contribution in [0.2, 0.25) is 0 Å². The predicted octanol–water partition coefficient (Wildman–Crippen LogP) is 2.10. The van der Waals surface area contributed by atoms with Crippen LogP contribution in [-0.4, -0.2) is 44.0 Å². The second-order valence-electron chi connectivity index (χ2n) is 5.73. The van der Waals surface area contributed by atoms with Crippen LogP contribution in [0, 0.1) is 5.92 Å². The average molecular weight is 262 g/mol. The molecule has 4 heteroatoms. The molecule has 19 heavy (non-hydrogen) atoms. The quantitative estimate of drug-likeness (QED) is 0.832. The van der Waals surface area contributed by atoms with Gasteiger partial charge in [0.25, 0.3) is 0 Å². The Hall–Kier alpha value is -1.13. The Morgan fingerprint density at radius 2 is 2.53 bits per heavy atom. The molecular formula is C15H22N2O2. The normalized spacial score (nSPS) is 30.4. The van der Waals surface area contributed by atoms with Gasteiger partial charge in [-0.1, -0.05) is 0 Å². The maximum atomic E-state index is 6.15. The minimum Gasteiger partial charge on any atom is -0.385 e. The van der Waals surface area contributed by atoms with Gasteiger partial charge in [-0.05, 0) is 37.3 Å². The van der Waals surface area contributed by atoms with Gasteiger partial charge in [-0.25, -0.2) is 0 Å². The van der Waals surface area contributed by atoms with Crippen LogP contribution >= 0.6 is 0 Å². The molecule has 2 aliphatic rings. The Kier molecular flexibility index (Phi) is 3.71. The number of methoxy groups -OCH3 is 1. The third kappa shape index (κ3) is 2.74. The van der Waals surface area contributed by atoms with Gasteiger partial charge < -0.3 is 14.4 Å². The smallest absolute Gasteiger partial charge is 0.0876 e. The molecule has 0 saturated carbocycles. The Morgan fingerprint density at radius 1 is 1.58 bits per heavy atom. The van der Waals surface area contributed by atoms with Gasteiger partial charge in [0.15, 0.2) is 0 Å². The summed E-state index contributed by atoms with van der Waals surface area (Å²) in [6.07, 6.45) is 7.18. The number of hydrogen-bond acceptors (Lipinski definition) is 4. The van der Waals surface area contributed by atoms with Crippen LogP contribution in [0.4, 0.5) is 5.69 Å². The summed E-state index contributed by atoms with van der Waals surface area (Å²) in [6.45, 7) is 3.81. The van der Waals surface area contributed by atoms with Crippen molar-refractivity contribution in [2.45, 2.75) is 24.9 Å². The van der Waals surface area contributed by atoms with Gasteiger partial charge in [0.2, 0.25) is 0 Å². The lowest BCUT2D eigenvalue weighted by molar-refractivity contribution is 0.0213. The molecule has 2 atom stereocenters. The van der Waals surface area contributed by atoms with E-state index in [9.17, 15) is 0 Å². The Balaban J connectivity index is 1.60. The average Bonchev–Trinajstić information content (AvgIpc) is 3.05. The summed E-state index contributed by atoms with van der Waals surface area (Å²) in [5.74, 6) is 0.661. The lowest BCUT2D eigenvalue weighted by Gasteiger charge is -2.24. The monoisotopic (exact) mass is 262 g/mol. The van der Waals surface area contributed by atoms with Crippen LogP contribution in [0.15, 0.2) is 24.5 Å². The van der Waals surface area contributed by atoms with Crippen LogP contribution in [-0.2, 0) is 9.47 Å². The zero-order valence-electron chi connectivity index (χ0n) is 11.5.